The molecule has 0 saturated carbocycles. The second kappa shape index (κ2) is 9.81. The zero-order chi connectivity index (χ0) is 28.4. The Morgan fingerprint density at radius 3 is 1.83 bits per heavy atom. The molecule has 6 aromatic rings. The van der Waals surface area contributed by atoms with E-state index in [4.69, 9.17) is 0 Å². The van der Waals surface area contributed by atoms with Gasteiger partial charge in [0, 0.05) is 16.5 Å². The zero-order valence-electron chi connectivity index (χ0n) is 25.1. The Kier molecular flexibility index (Phi) is 6.19. The summed E-state index contributed by atoms with van der Waals surface area (Å²) in [5.74, 6) is 1.40. The molecule has 41 heavy (non-hydrogen) atoms. The second-order valence-electron chi connectivity index (χ2n) is 12.7. The van der Waals surface area contributed by atoms with Crippen LogP contribution in [0.2, 0.25) is 0 Å². The van der Waals surface area contributed by atoms with Gasteiger partial charge in [-0.2, -0.15) is 0 Å². The number of nitrogens with zero attached hydrogens (tertiary/aromatic N) is 1. The molecule has 0 aliphatic carbocycles. The van der Waals surface area contributed by atoms with E-state index in [1.807, 2.05) is 0 Å². The van der Waals surface area contributed by atoms with E-state index in [-0.39, 0.29) is 6.71 Å². The largest absolute Gasteiger partial charge is 0.309 e. The minimum atomic E-state index is 0.223. The molecule has 0 unspecified atom stereocenters. The Hall–Kier alpha value is -4.04. The monoisotopic (exact) mass is 531 g/mol. The fraction of sp³-hybridized carbons (Fsp3) is 0.231. The normalized spacial score (nSPS) is 12.8. The Bertz CT molecular complexity index is 1890. The first-order valence-corrected chi connectivity index (χ1v) is 15.2. The molecule has 7 rings (SSSR count). The molecule has 0 N–H and O–H groups in total. The van der Waals surface area contributed by atoms with E-state index in [2.05, 4.69) is 149 Å². The number of benzene rings is 5. The van der Waals surface area contributed by atoms with Crippen molar-refractivity contribution in [3.63, 3.8) is 0 Å². The first-order valence-electron chi connectivity index (χ1n) is 15.2. The van der Waals surface area contributed by atoms with Crippen LogP contribution in [-0.2, 0) is 0 Å². The molecule has 1 nitrogen and oxygen atoms in total. The molecule has 1 aromatic heterocycles. The van der Waals surface area contributed by atoms with Crippen molar-refractivity contribution in [2.75, 3.05) is 0 Å². The van der Waals surface area contributed by atoms with E-state index >= 15 is 0 Å². The van der Waals surface area contributed by atoms with Crippen molar-refractivity contribution in [2.24, 2.45) is 0 Å². The van der Waals surface area contributed by atoms with Gasteiger partial charge in [-0.15, -0.1) is 0 Å². The van der Waals surface area contributed by atoms with Crippen molar-refractivity contribution in [1.29, 1.82) is 0 Å². The lowest BCUT2D eigenvalue weighted by atomic mass is 9.36. The summed E-state index contributed by atoms with van der Waals surface area (Å²) in [5, 5.41) is 2.64. The molecule has 0 bridgehead atoms. The van der Waals surface area contributed by atoms with E-state index in [1.54, 1.807) is 0 Å². The fourth-order valence-electron chi connectivity index (χ4n) is 7.18. The average molecular weight is 532 g/mol. The van der Waals surface area contributed by atoms with E-state index in [9.17, 15) is 0 Å². The molecule has 0 atom stereocenters. The first kappa shape index (κ1) is 25.9. The lowest BCUT2D eigenvalue weighted by molar-refractivity contribution is 0.812. The summed E-state index contributed by atoms with van der Waals surface area (Å²) in [6.45, 7) is 14.3. The lowest BCUT2D eigenvalue weighted by Gasteiger charge is -2.26. The third kappa shape index (κ3) is 3.99. The summed E-state index contributed by atoms with van der Waals surface area (Å²) in [6.07, 6.45) is 0. The van der Waals surface area contributed by atoms with Crippen LogP contribution in [0, 0.1) is 0 Å². The van der Waals surface area contributed by atoms with Crippen molar-refractivity contribution in [1.82, 2.24) is 4.57 Å². The molecule has 5 aromatic carbocycles. The van der Waals surface area contributed by atoms with E-state index in [0.29, 0.717) is 17.8 Å². The molecular formula is C39H38BN. The third-order valence-corrected chi connectivity index (χ3v) is 9.20. The highest BCUT2D eigenvalue weighted by atomic mass is 15.0. The van der Waals surface area contributed by atoms with Crippen LogP contribution in [0.5, 0.6) is 0 Å². The molecule has 0 saturated heterocycles. The Morgan fingerprint density at radius 1 is 0.512 bits per heavy atom. The number of hydrogen-bond acceptors (Lipinski definition) is 0. The van der Waals surface area contributed by atoms with Crippen LogP contribution in [0.4, 0.5) is 0 Å². The lowest BCUT2D eigenvalue weighted by Crippen LogP contribution is -2.52. The Labute approximate surface area is 244 Å². The fourth-order valence-corrected chi connectivity index (χ4v) is 7.18. The van der Waals surface area contributed by atoms with Crippen molar-refractivity contribution in [3.8, 4) is 16.8 Å². The predicted molar refractivity (Wildman–Crippen MR) is 180 cm³/mol. The molecule has 2 heterocycles. The van der Waals surface area contributed by atoms with Crippen molar-refractivity contribution in [2.45, 2.75) is 59.3 Å². The molecule has 0 radical (unpaired) electrons. The summed E-state index contributed by atoms with van der Waals surface area (Å²) in [7, 11) is 0. The van der Waals surface area contributed by atoms with E-state index in [0.717, 1.165) is 0 Å². The summed E-state index contributed by atoms with van der Waals surface area (Å²) < 4.78 is 2.44. The van der Waals surface area contributed by atoms with Gasteiger partial charge in [0.1, 0.15) is 0 Å². The number of hydrogen-bond donors (Lipinski definition) is 0. The molecule has 1 aliphatic heterocycles. The minimum absolute atomic E-state index is 0.223. The number of rotatable bonds is 5. The molecule has 0 amide bonds. The molecular weight excluding hydrogens is 493 g/mol. The Morgan fingerprint density at radius 2 is 1.15 bits per heavy atom. The quantitative estimate of drug-likeness (QED) is 0.196. The predicted octanol–water partition coefficient (Wildman–Crippen LogP) is 8.65. The number of para-hydroxylation sites is 2. The van der Waals surface area contributed by atoms with Crippen LogP contribution in [-0.4, -0.2) is 11.3 Å². The van der Waals surface area contributed by atoms with Gasteiger partial charge in [-0.05, 0) is 69.8 Å². The van der Waals surface area contributed by atoms with Gasteiger partial charge in [-0.3, -0.25) is 0 Å². The molecule has 1 aliphatic rings. The molecule has 0 fully saturated rings. The maximum absolute atomic E-state index is 2.53. The smallest absolute Gasteiger partial charge is 0.243 e. The number of aromatic nitrogens is 1. The highest BCUT2D eigenvalue weighted by molar-refractivity contribution is 6.99. The SMILES string of the molecule is CC(C)c1cc(C(C)C)c(B2c3ccccc3-c3cc4c(cc32)c2ccccc2n4-c2ccccc2)c(C(C)C)c1. The van der Waals surface area contributed by atoms with Crippen LogP contribution < -0.4 is 16.4 Å². The van der Waals surface area contributed by atoms with Gasteiger partial charge >= 0.3 is 0 Å². The van der Waals surface area contributed by atoms with Crippen LogP contribution >= 0.6 is 0 Å². The zero-order valence-corrected chi connectivity index (χ0v) is 25.1. The van der Waals surface area contributed by atoms with Crippen LogP contribution in [0.1, 0.15) is 76.0 Å². The minimum Gasteiger partial charge on any atom is -0.309 e. The first-order chi connectivity index (χ1) is 19.8. The Balaban J connectivity index is 1.59. The van der Waals surface area contributed by atoms with Gasteiger partial charge in [0.15, 0.2) is 0 Å². The highest BCUT2D eigenvalue weighted by Crippen LogP contribution is 2.36. The summed E-state index contributed by atoms with van der Waals surface area (Å²) >= 11 is 0. The average Bonchev–Trinajstić information content (AvgIpc) is 3.47. The van der Waals surface area contributed by atoms with Gasteiger partial charge in [0.05, 0.1) is 11.0 Å². The van der Waals surface area contributed by atoms with Crippen LogP contribution in [0.15, 0.2) is 103 Å². The van der Waals surface area contributed by atoms with Crippen molar-refractivity contribution >= 4 is 44.9 Å². The second-order valence-corrected chi connectivity index (χ2v) is 12.7. The van der Waals surface area contributed by atoms with Crippen LogP contribution in [0.25, 0.3) is 38.6 Å². The summed E-state index contributed by atoms with van der Waals surface area (Å²) in [4.78, 5) is 0. The van der Waals surface area contributed by atoms with Gasteiger partial charge in [-0.1, -0.05) is 137 Å². The van der Waals surface area contributed by atoms with Crippen molar-refractivity contribution < 1.29 is 0 Å². The molecule has 0 spiro atoms. The van der Waals surface area contributed by atoms with Crippen LogP contribution in [0.3, 0.4) is 0 Å². The van der Waals surface area contributed by atoms with E-state index < -0.39 is 0 Å². The maximum Gasteiger partial charge on any atom is 0.243 e. The van der Waals surface area contributed by atoms with E-state index in [1.165, 1.54) is 71.7 Å². The van der Waals surface area contributed by atoms with Gasteiger partial charge in [-0.25, -0.2) is 0 Å². The van der Waals surface area contributed by atoms with Gasteiger partial charge < -0.3 is 4.57 Å². The molecule has 2 heteroatoms. The molecule has 202 valence electrons. The standard InChI is InChI=1S/C39H38BN/c1-24(2)27-20-31(25(3)4)39(32(21-27)26(5)6)40-35-18-12-10-16-29(35)33-23-38-34(22-36(33)40)30-17-11-13-19-37(30)41(38)28-14-8-7-9-15-28/h7-26H,1-6H3. The van der Waals surface area contributed by atoms with Gasteiger partial charge in [0.2, 0.25) is 6.71 Å². The van der Waals surface area contributed by atoms with Gasteiger partial charge in [0.25, 0.3) is 0 Å². The van der Waals surface area contributed by atoms with Crippen molar-refractivity contribution in [3.05, 3.63) is 120 Å². The summed E-state index contributed by atoms with van der Waals surface area (Å²) in [6, 6.07) is 38.9. The summed E-state index contributed by atoms with van der Waals surface area (Å²) in [5.41, 5.74) is 15.3. The highest BCUT2D eigenvalue weighted by Gasteiger charge is 2.38. The number of fused-ring (bicyclic) bond motifs is 6. The topological polar surface area (TPSA) is 4.93 Å². The third-order valence-electron chi connectivity index (χ3n) is 9.20. The maximum atomic E-state index is 2.53.